The fourth-order valence-corrected chi connectivity index (χ4v) is 3.32. The van der Waals surface area contributed by atoms with Crippen LogP contribution in [0.25, 0.3) is 16.5 Å². The van der Waals surface area contributed by atoms with E-state index in [1.54, 1.807) is 13.2 Å². The molecule has 1 aromatic heterocycles. The van der Waals surface area contributed by atoms with Crippen molar-refractivity contribution >= 4 is 34.4 Å². The summed E-state index contributed by atoms with van der Waals surface area (Å²) in [5.74, 6) is -1.06. The Bertz CT molecular complexity index is 1010. The van der Waals surface area contributed by atoms with E-state index in [2.05, 4.69) is 10.6 Å². The lowest BCUT2D eigenvalue weighted by atomic mass is 9.98. The summed E-state index contributed by atoms with van der Waals surface area (Å²) < 4.78 is 11.5. The minimum absolute atomic E-state index is 0.151. The highest BCUT2D eigenvalue weighted by molar-refractivity contribution is 5.99. The molecule has 1 heterocycles. The summed E-state index contributed by atoms with van der Waals surface area (Å²) in [6.45, 7) is 8.14. The molecule has 0 saturated heterocycles. The molecular weight excluding hydrogens is 402 g/mol. The molecule has 3 amide bonds. The number of nitrogens with two attached hydrogens (primary N) is 1. The van der Waals surface area contributed by atoms with E-state index in [1.807, 2.05) is 26.8 Å². The smallest absolute Gasteiger partial charge is 0.326 e. The number of carbonyl (C=O) groups excluding carboxylic acids is 2. The minimum Gasteiger partial charge on any atom is -0.493 e. The van der Waals surface area contributed by atoms with Crippen molar-refractivity contribution in [1.29, 1.82) is 0 Å². The van der Waals surface area contributed by atoms with Crippen LogP contribution in [0.15, 0.2) is 22.8 Å². The Labute approximate surface area is 180 Å². The van der Waals surface area contributed by atoms with Crippen LogP contribution in [0.5, 0.6) is 5.75 Å². The first kappa shape index (κ1) is 23.8. The molecule has 9 nitrogen and oxygen atoms in total. The predicted molar refractivity (Wildman–Crippen MR) is 117 cm³/mol. The van der Waals surface area contributed by atoms with E-state index in [4.69, 9.17) is 14.9 Å². The highest BCUT2D eigenvalue weighted by Gasteiger charge is 2.20. The number of furan rings is 1. The number of primary amides is 1. The molecule has 0 bridgehead atoms. The molecule has 0 aliphatic rings. The molecule has 2 rings (SSSR count). The number of nitrogens with one attached hydrogen (secondary N) is 2. The molecule has 2 aromatic rings. The van der Waals surface area contributed by atoms with Gasteiger partial charge in [0.1, 0.15) is 17.4 Å². The first-order valence-electron chi connectivity index (χ1n) is 10.0. The van der Waals surface area contributed by atoms with Gasteiger partial charge in [0, 0.05) is 29.1 Å². The van der Waals surface area contributed by atoms with Crippen LogP contribution in [0.1, 0.15) is 43.4 Å². The molecule has 1 unspecified atom stereocenters. The Balaban J connectivity index is 2.24. The van der Waals surface area contributed by atoms with Gasteiger partial charge in [-0.15, -0.1) is 0 Å². The number of rotatable bonds is 10. The van der Waals surface area contributed by atoms with Crippen LogP contribution in [-0.4, -0.2) is 42.2 Å². The second kappa shape index (κ2) is 10.5. The fourth-order valence-electron chi connectivity index (χ4n) is 3.32. The maximum Gasteiger partial charge on any atom is 0.326 e. The molecule has 0 radical (unpaired) electrons. The molecule has 0 spiro atoms. The fraction of sp³-hybridized carbons (Fsp3) is 0.409. The van der Waals surface area contributed by atoms with Gasteiger partial charge in [-0.1, -0.05) is 0 Å². The van der Waals surface area contributed by atoms with Gasteiger partial charge in [-0.3, -0.25) is 4.79 Å². The van der Waals surface area contributed by atoms with Gasteiger partial charge in [-0.05, 0) is 57.7 Å². The van der Waals surface area contributed by atoms with Gasteiger partial charge in [-0.2, -0.15) is 0 Å². The normalized spacial score (nSPS) is 12.5. The number of aliphatic carboxylic acids is 1. The average molecular weight is 431 g/mol. The number of benzene rings is 1. The summed E-state index contributed by atoms with van der Waals surface area (Å²) in [6, 6.07) is 0.146. The van der Waals surface area contributed by atoms with Gasteiger partial charge in [0.15, 0.2) is 0 Å². The van der Waals surface area contributed by atoms with Crippen LogP contribution in [-0.2, 0) is 9.59 Å². The molecule has 1 aromatic carbocycles. The lowest BCUT2D eigenvalue weighted by molar-refractivity contribution is -0.141. The lowest BCUT2D eigenvalue weighted by Crippen LogP contribution is -2.40. The Morgan fingerprint density at radius 3 is 2.65 bits per heavy atom. The third kappa shape index (κ3) is 6.00. The van der Waals surface area contributed by atoms with Gasteiger partial charge in [0.05, 0.1) is 12.9 Å². The third-order valence-electron chi connectivity index (χ3n) is 4.88. The number of ether oxygens (including phenoxy) is 1. The first-order valence-corrected chi connectivity index (χ1v) is 10.0. The second-order valence-corrected chi connectivity index (χ2v) is 7.27. The highest BCUT2D eigenvalue weighted by Crippen LogP contribution is 2.37. The molecule has 0 saturated carbocycles. The molecule has 5 N–H and O–H groups in total. The van der Waals surface area contributed by atoms with Crippen molar-refractivity contribution in [3.8, 4) is 5.75 Å². The number of hydrogen-bond acceptors (Lipinski definition) is 5. The van der Waals surface area contributed by atoms with Crippen molar-refractivity contribution in [3.05, 3.63) is 35.1 Å². The Morgan fingerprint density at radius 1 is 1.32 bits per heavy atom. The van der Waals surface area contributed by atoms with E-state index in [-0.39, 0.29) is 13.0 Å². The number of allylic oxidation sites excluding steroid dienone is 1. The topological polar surface area (TPSA) is 144 Å². The molecule has 0 fully saturated rings. The van der Waals surface area contributed by atoms with Gasteiger partial charge >= 0.3 is 12.0 Å². The number of carboxylic acids is 1. The Morgan fingerprint density at radius 2 is 2.03 bits per heavy atom. The van der Waals surface area contributed by atoms with E-state index >= 15 is 0 Å². The summed E-state index contributed by atoms with van der Waals surface area (Å²) in [6.07, 6.45) is 3.54. The molecule has 1 atom stereocenters. The number of aryl methyl sites for hydroxylation is 2. The highest BCUT2D eigenvalue weighted by atomic mass is 16.5. The van der Waals surface area contributed by atoms with Crippen LogP contribution in [0.2, 0.25) is 0 Å². The summed E-state index contributed by atoms with van der Waals surface area (Å²) in [7, 11) is 0. The average Bonchev–Trinajstić information content (AvgIpc) is 3.06. The number of carboxylic acid groups (broad SMARTS) is 1. The molecule has 168 valence electrons. The van der Waals surface area contributed by atoms with Crippen molar-refractivity contribution in [3.63, 3.8) is 0 Å². The van der Waals surface area contributed by atoms with Crippen molar-refractivity contribution in [2.75, 3.05) is 13.2 Å². The number of amides is 3. The standard InChI is InChI=1S/C22H29N3O6/c1-5-30-19-14(4)20-16(13(3)11-31-20)10-15(19)12(2)9-18(26)25-17(21(27)28)7-6-8-24-22(23)29/h9-11,17H,5-8H2,1-4H3,(H,25,26)(H,27,28)(H3,23,24,29)/b12-9+. The van der Waals surface area contributed by atoms with Gasteiger partial charge < -0.3 is 30.6 Å². The lowest BCUT2D eigenvalue weighted by Gasteiger charge is -2.16. The van der Waals surface area contributed by atoms with Crippen LogP contribution >= 0.6 is 0 Å². The van der Waals surface area contributed by atoms with E-state index < -0.39 is 23.9 Å². The molecule has 0 aliphatic heterocycles. The minimum atomic E-state index is -1.15. The van der Waals surface area contributed by atoms with Crippen molar-refractivity contribution in [1.82, 2.24) is 10.6 Å². The van der Waals surface area contributed by atoms with Crippen LogP contribution in [0, 0.1) is 13.8 Å². The second-order valence-electron chi connectivity index (χ2n) is 7.27. The third-order valence-corrected chi connectivity index (χ3v) is 4.88. The molecule has 0 aliphatic carbocycles. The van der Waals surface area contributed by atoms with Crippen LogP contribution in [0.3, 0.4) is 0 Å². The van der Waals surface area contributed by atoms with Crippen molar-refractivity contribution < 1.29 is 28.6 Å². The summed E-state index contributed by atoms with van der Waals surface area (Å²) in [5.41, 5.74) is 8.89. The van der Waals surface area contributed by atoms with Crippen molar-refractivity contribution in [2.45, 2.75) is 46.6 Å². The number of fused-ring (bicyclic) bond motifs is 1. The SMILES string of the molecule is CCOc1c(/C(C)=C/C(=O)NC(CCCNC(N)=O)C(=O)O)cc2c(C)coc2c1C. The number of carbonyl (C=O) groups is 3. The van der Waals surface area contributed by atoms with E-state index in [0.717, 1.165) is 27.7 Å². The monoisotopic (exact) mass is 431 g/mol. The number of hydrogen-bond donors (Lipinski definition) is 4. The van der Waals surface area contributed by atoms with Crippen molar-refractivity contribution in [2.24, 2.45) is 5.73 Å². The summed E-state index contributed by atoms with van der Waals surface area (Å²) in [5, 5.41) is 15.2. The largest absolute Gasteiger partial charge is 0.493 e. The van der Waals surface area contributed by atoms with E-state index in [9.17, 15) is 19.5 Å². The zero-order valence-corrected chi connectivity index (χ0v) is 18.2. The van der Waals surface area contributed by atoms with Crippen LogP contribution in [0.4, 0.5) is 4.79 Å². The zero-order valence-electron chi connectivity index (χ0n) is 18.2. The van der Waals surface area contributed by atoms with Gasteiger partial charge in [0.25, 0.3) is 0 Å². The zero-order chi connectivity index (χ0) is 23.1. The molecule has 31 heavy (non-hydrogen) atoms. The number of urea groups is 1. The molecule has 9 heteroatoms. The van der Waals surface area contributed by atoms with E-state index in [0.29, 0.717) is 24.4 Å². The maximum absolute atomic E-state index is 12.5. The first-order chi connectivity index (χ1) is 14.6. The van der Waals surface area contributed by atoms with E-state index in [1.165, 1.54) is 6.08 Å². The quantitative estimate of drug-likeness (QED) is 0.336. The van der Waals surface area contributed by atoms with Gasteiger partial charge in [-0.25, -0.2) is 9.59 Å². The summed E-state index contributed by atoms with van der Waals surface area (Å²) in [4.78, 5) is 34.7. The predicted octanol–water partition coefficient (Wildman–Crippen LogP) is 2.87. The molecular formula is C22H29N3O6. The Hall–Kier alpha value is -3.49. The Kier molecular flexibility index (Phi) is 8.07. The maximum atomic E-state index is 12.5. The summed E-state index contributed by atoms with van der Waals surface area (Å²) >= 11 is 0. The van der Waals surface area contributed by atoms with Crippen LogP contribution < -0.4 is 21.1 Å². The van der Waals surface area contributed by atoms with Gasteiger partial charge in [0.2, 0.25) is 5.91 Å².